The van der Waals surface area contributed by atoms with Crippen LogP contribution in [0.25, 0.3) is 0 Å². The molecule has 0 aromatic carbocycles. The first-order valence-corrected chi connectivity index (χ1v) is 8.40. The molecular formula is C18H32O3. The van der Waals surface area contributed by atoms with Crippen molar-refractivity contribution < 1.29 is 15.0 Å². The van der Waals surface area contributed by atoms with E-state index in [0.717, 1.165) is 44.9 Å². The number of rotatable bonds is 15. The van der Waals surface area contributed by atoms with Crippen molar-refractivity contribution in [3.8, 4) is 0 Å². The van der Waals surface area contributed by atoms with Gasteiger partial charge in [0.05, 0.1) is 0 Å². The summed E-state index contributed by atoms with van der Waals surface area (Å²) >= 11 is 0. The highest BCUT2D eigenvalue weighted by Crippen LogP contribution is 2.08. The maximum Gasteiger partial charge on any atom is 0.303 e. The summed E-state index contributed by atoms with van der Waals surface area (Å²) in [6.45, 7) is 0.249. The van der Waals surface area contributed by atoms with Crippen LogP contribution in [0.15, 0.2) is 24.3 Å². The maximum absolute atomic E-state index is 10.3. The van der Waals surface area contributed by atoms with Crippen LogP contribution in [-0.4, -0.2) is 22.8 Å². The second-order valence-electron chi connectivity index (χ2n) is 5.44. The number of aliphatic carboxylic acids is 1. The topological polar surface area (TPSA) is 57.5 Å². The predicted molar refractivity (Wildman–Crippen MR) is 88.4 cm³/mol. The molecule has 0 rings (SSSR count). The number of unbranched alkanes of at least 4 members (excludes halogenated alkanes) is 8. The van der Waals surface area contributed by atoms with Gasteiger partial charge in [-0.05, 0) is 51.4 Å². The number of carbonyl (C=O) groups is 1. The molecular weight excluding hydrogens is 264 g/mol. The fourth-order valence-electron chi connectivity index (χ4n) is 2.14. The summed E-state index contributed by atoms with van der Waals surface area (Å²) in [6, 6.07) is 0. The molecule has 21 heavy (non-hydrogen) atoms. The van der Waals surface area contributed by atoms with E-state index in [0.29, 0.717) is 6.42 Å². The summed E-state index contributed by atoms with van der Waals surface area (Å²) in [5.74, 6) is -0.679. The number of hydrogen-bond donors (Lipinski definition) is 2. The van der Waals surface area contributed by atoms with Gasteiger partial charge in [0.1, 0.15) is 0 Å². The van der Waals surface area contributed by atoms with E-state index in [1.54, 1.807) is 0 Å². The molecule has 0 aliphatic rings. The summed E-state index contributed by atoms with van der Waals surface area (Å²) < 4.78 is 0. The number of allylic oxidation sites excluding steroid dienone is 3. The highest BCUT2D eigenvalue weighted by molar-refractivity contribution is 5.66. The Kier molecular flexibility index (Phi) is 16.1. The second-order valence-corrected chi connectivity index (χ2v) is 5.44. The lowest BCUT2D eigenvalue weighted by Gasteiger charge is -1.98. The predicted octanol–water partition coefficient (Wildman–Crippen LogP) is 4.86. The van der Waals surface area contributed by atoms with E-state index in [1.807, 2.05) is 6.08 Å². The molecule has 3 nitrogen and oxygen atoms in total. The lowest BCUT2D eigenvalue weighted by molar-refractivity contribution is -0.137. The first-order chi connectivity index (χ1) is 10.3. The standard InChI is InChI=1S/C18H32O3/c19-17-15-13-11-9-7-5-3-1-2-4-6-8-10-12-14-16-18(20)21/h1-2,11,13,19H,3-10,12,14-17H2,(H,20,21). The summed E-state index contributed by atoms with van der Waals surface area (Å²) in [4.78, 5) is 10.3. The summed E-state index contributed by atoms with van der Waals surface area (Å²) in [7, 11) is 0. The molecule has 0 fully saturated rings. The number of carboxylic acids is 1. The van der Waals surface area contributed by atoms with Gasteiger partial charge in [0.2, 0.25) is 0 Å². The molecule has 122 valence electrons. The molecule has 0 aliphatic heterocycles. The molecule has 0 aromatic heterocycles. The normalized spacial score (nSPS) is 11.7. The fourth-order valence-corrected chi connectivity index (χ4v) is 2.14. The fraction of sp³-hybridized carbons (Fsp3) is 0.722. The van der Waals surface area contributed by atoms with Crippen molar-refractivity contribution in [2.75, 3.05) is 6.61 Å². The van der Waals surface area contributed by atoms with Crippen molar-refractivity contribution in [2.45, 2.75) is 77.0 Å². The van der Waals surface area contributed by atoms with Gasteiger partial charge in [0, 0.05) is 13.0 Å². The van der Waals surface area contributed by atoms with Gasteiger partial charge in [-0.3, -0.25) is 4.79 Å². The third kappa shape index (κ3) is 18.9. The van der Waals surface area contributed by atoms with Crippen molar-refractivity contribution in [1.29, 1.82) is 0 Å². The van der Waals surface area contributed by atoms with E-state index in [-0.39, 0.29) is 6.61 Å². The molecule has 0 aromatic rings. The Morgan fingerprint density at radius 1 is 0.667 bits per heavy atom. The third-order valence-electron chi connectivity index (χ3n) is 3.38. The van der Waals surface area contributed by atoms with E-state index in [9.17, 15) is 4.79 Å². The minimum absolute atomic E-state index is 0.249. The molecule has 0 radical (unpaired) electrons. The van der Waals surface area contributed by atoms with Gasteiger partial charge in [-0.2, -0.15) is 0 Å². The third-order valence-corrected chi connectivity index (χ3v) is 3.38. The minimum atomic E-state index is -0.679. The smallest absolute Gasteiger partial charge is 0.303 e. The Bertz CT molecular complexity index is 282. The second kappa shape index (κ2) is 17.0. The molecule has 0 unspecified atom stereocenters. The van der Waals surface area contributed by atoms with Crippen LogP contribution < -0.4 is 0 Å². The van der Waals surface area contributed by atoms with E-state index >= 15 is 0 Å². The van der Waals surface area contributed by atoms with Gasteiger partial charge < -0.3 is 10.2 Å². The Labute approximate surface area is 129 Å². The highest BCUT2D eigenvalue weighted by atomic mass is 16.4. The van der Waals surface area contributed by atoms with Crippen LogP contribution in [0.3, 0.4) is 0 Å². The Morgan fingerprint density at radius 3 is 1.62 bits per heavy atom. The number of carboxylic acid groups (broad SMARTS) is 1. The van der Waals surface area contributed by atoms with Crippen LogP contribution >= 0.6 is 0 Å². The van der Waals surface area contributed by atoms with Gasteiger partial charge in [0.15, 0.2) is 0 Å². The van der Waals surface area contributed by atoms with Crippen LogP contribution in [0.4, 0.5) is 0 Å². The van der Waals surface area contributed by atoms with Gasteiger partial charge >= 0.3 is 5.97 Å². The van der Waals surface area contributed by atoms with Gasteiger partial charge in [-0.15, -0.1) is 0 Å². The Hall–Kier alpha value is -1.09. The molecule has 3 heteroatoms. The van der Waals surface area contributed by atoms with E-state index in [2.05, 4.69) is 18.2 Å². The van der Waals surface area contributed by atoms with Crippen molar-refractivity contribution in [3.63, 3.8) is 0 Å². The summed E-state index contributed by atoms with van der Waals surface area (Å²) in [5.41, 5.74) is 0. The van der Waals surface area contributed by atoms with E-state index < -0.39 is 5.97 Å². The quantitative estimate of drug-likeness (QED) is 0.335. The zero-order chi connectivity index (χ0) is 15.6. The number of hydrogen-bond acceptors (Lipinski definition) is 2. The van der Waals surface area contributed by atoms with E-state index in [4.69, 9.17) is 10.2 Å². The average molecular weight is 296 g/mol. The van der Waals surface area contributed by atoms with Crippen LogP contribution in [0.1, 0.15) is 77.0 Å². The first kappa shape index (κ1) is 19.9. The first-order valence-electron chi connectivity index (χ1n) is 8.40. The molecule has 0 amide bonds. The van der Waals surface area contributed by atoms with Gasteiger partial charge in [-0.1, -0.05) is 43.6 Å². The lowest BCUT2D eigenvalue weighted by atomic mass is 10.1. The van der Waals surface area contributed by atoms with Gasteiger partial charge in [-0.25, -0.2) is 0 Å². The molecule has 0 saturated carbocycles. The van der Waals surface area contributed by atoms with Crippen LogP contribution in [0.2, 0.25) is 0 Å². The molecule has 0 aliphatic carbocycles. The highest BCUT2D eigenvalue weighted by Gasteiger charge is 1.95. The summed E-state index contributed by atoms with van der Waals surface area (Å²) in [6.07, 6.45) is 21.2. The molecule has 0 heterocycles. The van der Waals surface area contributed by atoms with Crippen molar-refractivity contribution >= 4 is 5.97 Å². The minimum Gasteiger partial charge on any atom is -0.481 e. The largest absolute Gasteiger partial charge is 0.481 e. The van der Waals surface area contributed by atoms with Crippen molar-refractivity contribution in [3.05, 3.63) is 24.3 Å². The van der Waals surface area contributed by atoms with Crippen LogP contribution in [-0.2, 0) is 4.79 Å². The molecule has 0 saturated heterocycles. The van der Waals surface area contributed by atoms with Crippen LogP contribution in [0, 0.1) is 0 Å². The molecule has 2 N–H and O–H groups in total. The van der Waals surface area contributed by atoms with Crippen molar-refractivity contribution in [1.82, 2.24) is 0 Å². The van der Waals surface area contributed by atoms with E-state index in [1.165, 1.54) is 25.7 Å². The molecule has 0 atom stereocenters. The maximum atomic E-state index is 10.3. The number of aliphatic hydroxyl groups excluding tert-OH is 1. The Balaban J connectivity index is 3.14. The lowest BCUT2D eigenvalue weighted by Crippen LogP contribution is -1.93. The van der Waals surface area contributed by atoms with Crippen LogP contribution in [0.5, 0.6) is 0 Å². The monoisotopic (exact) mass is 296 g/mol. The SMILES string of the molecule is O=C(O)CCCCCCCC=CCCCCC=CCCO. The molecule has 0 bridgehead atoms. The Morgan fingerprint density at radius 2 is 1.10 bits per heavy atom. The zero-order valence-electron chi connectivity index (χ0n) is 13.3. The summed E-state index contributed by atoms with van der Waals surface area (Å²) in [5, 5.41) is 17.1. The molecule has 0 spiro atoms. The van der Waals surface area contributed by atoms with Crippen molar-refractivity contribution in [2.24, 2.45) is 0 Å². The van der Waals surface area contributed by atoms with Gasteiger partial charge in [0.25, 0.3) is 0 Å². The number of aliphatic hydroxyl groups is 1. The average Bonchev–Trinajstić information content (AvgIpc) is 2.46. The zero-order valence-corrected chi connectivity index (χ0v) is 13.3.